The molecule has 0 aliphatic carbocycles. The van der Waals surface area contributed by atoms with E-state index in [2.05, 4.69) is 4.72 Å². The molecule has 0 unspecified atom stereocenters. The van der Waals surface area contributed by atoms with Gasteiger partial charge in [0.15, 0.2) is 5.78 Å². The van der Waals surface area contributed by atoms with Gasteiger partial charge in [-0.3, -0.25) is 4.79 Å². The summed E-state index contributed by atoms with van der Waals surface area (Å²) in [6, 6.07) is 15.1. The van der Waals surface area contributed by atoms with Gasteiger partial charge in [-0.2, -0.15) is 0 Å². The molecule has 0 radical (unpaired) electrons. The Bertz CT molecular complexity index is 692. The molecule has 0 heterocycles. The van der Waals surface area contributed by atoms with E-state index >= 15 is 0 Å². The molecule has 2 rings (SSSR count). The molecule has 0 saturated heterocycles. The number of sulfonamides is 1. The first-order valence-electron chi connectivity index (χ1n) is 6.13. The van der Waals surface area contributed by atoms with Crippen molar-refractivity contribution in [3.8, 4) is 0 Å². The Balaban J connectivity index is 2.07. The van der Waals surface area contributed by atoms with Gasteiger partial charge in [0.1, 0.15) is 0 Å². The smallest absolute Gasteiger partial charge is 0.240 e. The van der Waals surface area contributed by atoms with E-state index in [0.29, 0.717) is 5.56 Å². The van der Waals surface area contributed by atoms with Gasteiger partial charge in [-0.15, -0.1) is 0 Å². The Morgan fingerprint density at radius 3 is 2.15 bits per heavy atom. The van der Waals surface area contributed by atoms with Crippen LogP contribution in [0.4, 0.5) is 0 Å². The van der Waals surface area contributed by atoms with Gasteiger partial charge in [0, 0.05) is 12.1 Å². The lowest BCUT2D eigenvalue weighted by atomic mass is 10.1. The summed E-state index contributed by atoms with van der Waals surface area (Å²) in [7, 11) is -3.50. The molecule has 0 amide bonds. The maximum absolute atomic E-state index is 12.0. The fourth-order valence-electron chi connectivity index (χ4n) is 1.72. The van der Waals surface area contributed by atoms with Crippen LogP contribution in [0.5, 0.6) is 0 Å². The van der Waals surface area contributed by atoms with Crippen LogP contribution < -0.4 is 4.72 Å². The molecule has 0 spiro atoms. The van der Waals surface area contributed by atoms with Crippen molar-refractivity contribution in [1.29, 1.82) is 0 Å². The lowest BCUT2D eigenvalue weighted by Crippen LogP contribution is -2.23. The summed E-state index contributed by atoms with van der Waals surface area (Å²) in [4.78, 5) is 11.4. The summed E-state index contributed by atoms with van der Waals surface area (Å²) in [6.45, 7) is 1.68. The van der Waals surface area contributed by atoms with Gasteiger partial charge in [-0.1, -0.05) is 42.5 Å². The summed E-state index contributed by atoms with van der Waals surface area (Å²) in [5, 5.41) is 0. The molecule has 1 N–H and O–H groups in total. The van der Waals surface area contributed by atoms with Gasteiger partial charge in [-0.05, 0) is 24.6 Å². The Labute approximate surface area is 118 Å². The molecular formula is C15H15NO3S. The molecule has 0 aromatic heterocycles. The van der Waals surface area contributed by atoms with Crippen LogP contribution in [0, 0.1) is 0 Å². The third kappa shape index (κ3) is 3.53. The highest BCUT2D eigenvalue weighted by Crippen LogP contribution is 2.09. The number of hydrogen-bond acceptors (Lipinski definition) is 3. The molecular weight excluding hydrogens is 274 g/mol. The number of ketones is 1. The average Bonchev–Trinajstić information content (AvgIpc) is 2.46. The Hall–Kier alpha value is -1.98. The minimum atomic E-state index is -3.50. The predicted octanol–water partition coefficient (Wildman–Crippen LogP) is 2.37. The number of Topliss-reactive ketones (excluding diaryl/α,β-unsaturated/α-hetero) is 1. The van der Waals surface area contributed by atoms with Crippen molar-refractivity contribution in [2.75, 3.05) is 0 Å². The molecule has 0 fully saturated rings. The molecule has 2 aromatic carbocycles. The van der Waals surface area contributed by atoms with Crippen molar-refractivity contribution in [1.82, 2.24) is 4.72 Å². The third-order valence-corrected chi connectivity index (χ3v) is 4.30. The second kappa shape index (κ2) is 5.98. The molecule has 104 valence electrons. The molecule has 2 aromatic rings. The third-order valence-electron chi connectivity index (χ3n) is 2.88. The van der Waals surface area contributed by atoms with E-state index in [0.717, 1.165) is 5.56 Å². The van der Waals surface area contributed by atoms with Crippen LogP contribution in [-0.2, 0) is 16.6 Å². The lowest BCUT2D eigenvalue weighted by molar-refractivity contribution is 0.101. The first-order valence-corrected chi connectivity index (χ1v) is 7.62. The number of hydrogen-bond donors (Lipinski definition) is 1. The molecule has 0 aliphatic heterocycles. The number of carbonyl (C=O) groups excluding carboxylic acids is 1. The van der Waals surface area contributed by atoms with Crippen LogP contribution in [0.1, 0.15) is 22.8 Å². The first kappa shape index (κ1) is 14.4. The number of benzene rings is 2. The number of nitrogens with one attached hydrogen (secondary N) is 1. The second-order valence-electron chi connectivity index (χ2n) is 4.39. The van der Waals surface area contributed by atoms with Crippen molar-refractivity contribution >= 4 is 15.8 Å². The molecule has 0 saturated carbocycles. The number of carbonyl (C=O) groups is 1. The van der Waals surface area contributed by atoms with E-state index in [1.165, 1.54) is 6.92 Å². The van der Waals surface area contributed by atoms with Crippen molar-refractivity contribution in [3.63, 3.8) is 0 Å². The first-order chi connectivity index (χ1) is 9.49. The molecule has 5 heteroatoms. The van der Waals surface area contributed by atoms with E-state index in [-0.39, 0.29) is 17.2 Å². The largest absolute Gasteiger partial charge is 0.295 e. The second-order valence-corrected chi connectivity index (χ2v) is 6.16. The van der Waals surface area contributed by atoms with Crippen LogP contribution in [0.15, 0.2) is 59.5 Å². The van der Waals surface area contributed by atoms with Crippen LogP contribution in [-0.4, -0.2) is 14.2 Å². The normalized spacial score (nSPS) is 11.2. The average molecular weight is 289 g/mol. The predicted molar refractivity (Wildman–Crippen MR) is 76.9 cm³/mol. The monoisotopic (exact) mass is 289 g/mol. The zero-order valence-corrected chi connectivity index (χ0v) is 11.9. The Kier molecular flexibility index (Phi) is 4.32. The van der Waals surface area contributed by atoms with Gasteiger partial charge >= 0.3 is 0 Å². The zero-order chi connectivity index (χ0) is 14.6. The highest BCUT2D eigenvalue weighted by atomic mass is 32.2. The number of rotatable bonds is 5. The quantitative estimate of drug-likeness (QED) is 0.859. The molecule has 4 nitrogen and oxygen atoms in total. The summed E-state index contributed by atoms with van der Waals surface area (Å²) in [5.74, 6) is -0.0126. The summed E-state index contributed by atoms with van der Waals surface area (Å²) in [6.07, 6.45) is 0. The SMILES string of the molecule is CC(=O)c1ccc(CNS(=O)(=O)c2ccccc2)cc1. The summed E-state index contributed by atoms with van der Waals surface area (Å²) >= 11 is 0. The highest BCUT2D eigenvalue weighted by Gasteiger charge is 2.12. The van der Waals surface area contributed by atoms with Crippen LogP contribution >= 0.6 is 0 Å². The van der Waals surface area contributed by atoms with E-state index < -0.39 is 10.0 Å². The maximum Gasteiger partial charge on any atom is 0.240 e. The van der Waals surface area contributed by atoms with Crippen LogP contribution in [0.3, 0.4) is 0 Å². The van der Waals surface area contributed by atoms with Gasteiger partial charge in [0.2, 0.25) is 10.0 Å². The van der Waals surface area contributed by atoms with Crippen molar-refractivity contribution in [2.45, 2.75) is 18.4 Å². The van der Waals surface area contributed by atoms with E-state index in [4.69, 9.17) is 0 Å². The van der Waals surface area contributed by atoms with Crippen molar-refractivity contribution < 1.29 is 13.2 Å². The summed E-state index contributed by atoms with van der Waals surface area (Å²) < 4.78 is 26.6. The van der Waals surface area contributed by atoms with E-state index in [9.17, 15) is 13.2 Å². The van der Waals surface area contributed by atoms with E-state index in [1.54, 1.807) is 54.6 Å². The van der Waals surface area contributed by atoms with Crippen LogP contribution in [0.25, 0.3) is 0 Å². The fourth-order valence-corrected chi connectivity index (χ4v) is 2.76. The van der Waals surface area contributed by atoms with E-state index in [1.807, 2.05) is 0 Å². The topological polar surface area (TPSA) is 63.2 Å². The maximum atomic E-state index is 12.0. The minimum Gasteiger partial charge on any atom is -0.295 e. The van der Waals surface area contributed by atoms with Gasteiger partial charge in [0.25, 0.3) is 0 Å². The highest BCUT2D eigenvalue weighted by molar-refractivity contribution is 7.89. The standard InChI is InChI=1S/C15H15NO3S/c1-12(17)14-9-7-13(8-10-14)11-16-20(18,19)15-5-3-2-4-6-15/h2-10,16H,11H2,1H3. The summed E-state index contributed by atoms with van der Waals surface area (Å²) in [5.41, 5.74) is 1.41. The molecule has 20 heavy (non-hydrogen) atoms. The zero-order valence-electron chi connectivity index (χ0n) is 11.0. The van der Waals surface area contributed by atoms with Crippen LogP contribution in [0.2, 0.25) is 0 Å². The lowest BCUT2D eigenvalue weighted by Gasteiger charge is -2.07. The molecule has 0 aliphatic rings. The van der Waals surface area contributed by atoms with Gasteiger partial charge < -0.3 is 0 Å². The Morgan fingerprint density at radius 2 is 1.60 bits per heavy atom. The molecule has 0 bridgehead atoms. The van der Waals surface area contributed by atoms with Gasteiger partial charge in [-0.25, -0.2) is 13.1 Å². The van der Waals surface area contributed by atoms with Gasteiger partial charge in [0.05, 0.1) is 4.90 Å². The van der Waals surface area contributed by atoms with Crippen molar-refractivity contribution in [3.05, 3.63) is 65.7 Å². The molecule has 0 atom stereocenters. The Morgan fingerprint density at radius 1 is 1.00 bits per heavy atom. The fraction of sp³-hybridized carbons (Fsp3) is 0.133. The van der Waals surface area contributed by atoms with Crippen molar-refractivity contribution in [2.24, 2.45) is 0 Å². The minimum absolute atomic E-state index is 0.0126.